The molecule has 3 amide bonds. The zero-order chi connectivity index (χ0) is 24.8. The quantitative estimate of drug-likeness (QED) is 0.300. The summed E-state index contributed by atoms with van der Waals surface area (Å²) in [5, 5.41) is 14.4. The Labute approximate surface area is 194 Å². The average Bonchev–Trinajstić information content (AvgIpc) is 3.18. The second-order valence-corrected chi connectivity index (χ2v) is 10.8. The monoisotopic (exact) mass is 489 g/mol. The van der Waals surface area contributed by atoms with Crippen molar-refractivity contribution in [2.45, 2.75) is 96.1 Å². The minimum absolute atomic E-state index is 0.101. The summed E-state index contributed by atoms with van der Waals surface area (Å²) in [5.41, 5.74) is 0. The number of carbonyl (C=O) groups is 4. The molecule has 0 spiro atoms. The molecule has 11 nitrogen and oxygen atoms in total. The van der Waals surface area contributed by atoms with E-state index in [2.05, 4.69) is 10.6 Å². The van der Waals surface area contributed by atoms with Gasteiger partial charge in [-0.15, -0.1) is 0 Å². The molecule has 2 aliphatic rings. The summed E-state index contributed by atoms with van der Waals surface area (Å²) < 4.78 is 18.3. The summed E-state index contributed by atoms with van der Waals surface area (Å²) in [6, 6.07) is -1.89. The number of amides is 3. The molecule has 1 saturated carbocycles. The van der Waals surface area contributed by atoms with Crippen LogP contribution in [0.1, 0.15) is 72.1 Å². The Morgan fingerprint density at radius 3 is 2.33 bits per heavy atom. The standard InChI is InChI=1S/C21H36N3O8P/c1-4-5-11-17(23-18(25)13(2)22-19(26)15-8-6-9-15)33(30,31)32-14(3)20(27)24-12-7-10-16(24)21(28)29/h13-17H,4-12H2,1-3H3,(H,22,26)(H,23,25)(H,28,29)(H,30,31)/t13?,14?,16-,17-/m0/s1. The molecule has 1 heterocycles. The van der Waals surface area contributed by atoms with Gasteiger partial charge in [-0.1, -0.05) is 26.2 Å². The zero-order valence-corrected chi connectivity index (χ0v) is 20.4. The van der Waals surface area contributed by atoms with Crippen molar-refractivity contribution in [3.63, 3.8) is 0 Å². The fourth-order valence-corrected chi connectivity index (χ4v) is 5.43. The van der Waals surface area contributed by atoms with Gasteiger partial charge in [0.2, 0.25) is 11.8 Å². The zero-order valence-electron chi connectivity index (χ0n) is 19.5. The van der Waals surface area contributed by atoms with Crippen molar-refractivity contribution in [1.82, 2.24) is 15.5 Å². The van der Waals surface area contributed by atoms with E-state index in [1.165, 1.54) is 13.8 Å². The number of rotatable bonds is 12. The summed E-state index contributed by atoms with van der Waals surface area (Å²) in [4.78, 5) is 60.6. The highest BCUT2D eigenvalue weighted by molar-refractivity contribution is 7.53. The Bertz CT molecular complexity index is 787. The lowest BCUT2D eigenvalue weighted by molar-refractivity contribution is -0.151. The van der Waals surface area contributed by atoms with E-state index >= 15 is 0 Å². The topological polar surface area (TPSA) is 162 Å². The van der Waals surface area contributed by atoms with Crippen LogP contribution in [0.5, 0.6) is 0 Å². The molecule has 2 rings (SSSR count). The lowest BCUT2D eigenvalue weighted by atomic mass is 9.84. The van der Waals surface area contributed by atoms with Crippen molar-refractivity contribution in [2.24, 2.45) is 5.92 Å². The minimum Gasteiger partial charge on any atom is -0.480 e. The number of hydrogen-bond acceptors (Lipinski definition) is 6. The number of carboxylic acid groups (broad SMARTS) is 1. The molecule has 5 atom stereocenters. The Morgan fingerprint density at radius 2 is 1.79 bits per heavy atom. The van der Waals surface area contributed by atoms with Crippen molar-refractivity contribution in [1.29, 1.82) is 0 Å². The molecule has 1 aliphatic heterocycles. The molecule has 0 bridgehead atoms. The number of likely N-dealkylation sites (tertiary alicyclic amines) is 1. The van der Waals surface area contributed by atoms with Crippen molar-refractivity contribution < 1.29 is 38.3 Å². The van der Waals surface area contributed by atoms with Crippen molar-refractivity contribution in [3.8, 4) is 0 Å². The van der Waals surface area contributed by atoms with E-state index in [0.29, 0.717) is 25.7 Å². The van der Waals surface area contributed by atoms with Crippen LogP contribution >= 0.6 is 7.60 Å². The minimum atomic E-state index is -4.51. The van der Waals surface area contributed by atoms with Crippen molar-refractivity contribution in [2.75, 3.05) is 6.54 Å². The van der Waals surface area contributed by atoms with E-state index in [9.17, 15) is 33.7 Å². The normalized spacial score (nSPS) is 23.0. The van der Waals surface area contributed by atoms with Crippen LogP contribution in [0.2, 0.25) is 0 Å². The van der Waals surface area contributed by atoms with Gasteiger partial charge < -0.3 is 25.5 Å². The third-order valence-corrected chi connectivity index (χ3v) is 8.03. The SMILES string of the molecule is CCCC[C@@H](NC(=O)C(C)NC(=O)C1CCC1)P(=O)(O)OC(C)C(=O)N1CCC[C@H]1C(=O)O. The van der Waals surface area contributed by atoms with E-state index in [1.807, 2.05) is 6.92 Å². The van der Waals surface area contributed by atoms with Crippen LogP contribution < -0.4 is 10.6 Å². The Balaban J connectivity index is 2.02. The molecule has 12 heteroatoms. The lowest BCUT2D eigenvalue weighted by Gasteiger charge is -2.30. The van der Waals surface area contributed by atoms with Gasteiger partial charge in [0.15, 0.2) is 0 Å². The van der Waals surface area contributed by atoms with Gasteiger partial charge >= 0.3 is 13.6 Å². The molecule has 0 radical (unpaired) electrons. The molecule has 2 fully saturated rings. The molecule has 1 aliphatic carbocycles. The Hall–Kier alpha value is -1.97. The number of unbranched alkanes of at least 4 members (excludes halogenated alkanes) is 1. The maximum absolute atomic E-state index is 13.1. The largest absolute Gasteiger partial charge is 0.480 e. The van der Waals surface area contributed by atoms with Gasteiger partial charge in [0.1, 0.15) is 24.0 Å². The molecule has 0 aromatic carbocycles. The summed E-state index contributed by atoms with van der Waals surface area (Å²) in [6.45, 7) is 4.91. The summed E-state index contributed by atoms with van der Waals surface area (Å²) >= 11 is 0. The first-order valence-electron chi connectivity index (χ1n) is 11.6. The average molecular weight is 490 g/mol. The van der Waals surface area contributed by atoms with Gasteiger partial charge in [0.05, 0.1) is 0 Å². The molecular weight excluding hydrogens is 453 g/mol. The van der Waals surface area contributed by atoms with Gasteiger partial charge in [-0.3, -0.25) is 23.5 Å². The smallest absolute Gasteiger partial charge is 0.350 e. The second-order valence-electron chi connectivity index (χ2n) is 8.86. The van der Waals surface area contributed by atoms with Gasteiger partial charge in [-0.05, 0) is 46.0 Å². The second kappa shape index (κ2) is 11.9. The molecule has 188 valence electrons. The highest BCUT2D eigenvalue weighted by Gasteiger charge is 2.41. The first-order valence-corrected chi connectivity index (χ1v) is 13.3. The molecular formula is C21H36N3O8P. The highest BCUT2D eigenvalue weighted by Crippen LogP contribution is 2.49. The summed E-state index contributed by atoms with van der Waals surface area (Å²) in [6.07, 6.45) is 3.37. The fourth-order valence-electron chi connectivity index (χ4n) is 3.94. The molecule has 3 unspecified atom stereocenters. The van der Waals surface area contributed by atoms with Crippen LogP contribution in [0.3, 0.4) is 0 Å². The molecule has 4 N–H and O–H groups in total. The first kappa shape index (κ1) is 27.3. The summed E-state index contributed by atoms with van der Waals surface area (Å²) in [5.74, 6) is -4.02. The van der Waals surface area contributed by atoms with Gasteiger partial charge in [0.25, 0.3) is 5.91 Å². The lowest BCUT2D eigenvalue weighted by Crippen LogP contribution is -2.50. The molecule has 33 heavy (non-hydrogen) atoms. The molecule has 0 aromatic rings. The first-order chi connectivity index (χ1) is 15.5. The number of carbonyl (C=O) groups excluding carboxylic acids is 3. The highest BCUT2D eigenvalue weighted by atomic mass is 31.2. The third kappa shape index (κ3) is 7.25. The molecule has 1 saturated heterocycles. The van der Waals surface area contributed by atoms with Crippen LogP contribution in [0.15, 0.2) is 0 Å². The van der Waals surface area contributed by atoms with E-state index in [1.54, 1.807) is 0 Å². The van der Waals surface area contributed by atoms with Crippen LogP contribution in [-0.2, 0) is 28.3 Å². The van der Waals surface area contributed by atoms with Crippen molar-refractivity contribution in [3.05, 3.63) is 0 Å². The maximum atomic E-state index is 13.1. The number of nitrogens with zero attached hydrogens (tertiary/aromatic N) is 1. The van der Waals surface area contributed by atoms with Crippen LogP contribution in [0.25, 0.3) is 0 Å². The predicted octanol–water partition coefficient (Wildman–Crippen LogP) is 1.59. The van der Waals surface area contributed by atoms with Crippen LogP contribution in [0, 0.1) is 5.92 Å². The third-order valence-electron chi connectivity index (χ3n) is 6.24. The number of nitrogens with one attached hydrogen (secondary N) is 2. The van der Waals surface area contributed by atoms with Gasteiger partial charge in [-0.25, -0.2) is 4.79 Å². The maximum Gasteiger partial charge on any atom is 0.350 e. The van der Waals surface area contributed by atoms with Crippen LogP contribution in [0.4, 0.5) is 0 Å². The molecule has 0 aromatic heterocycles. The van der Waals surface area contributed by atoms with E-state index in [4.69, 9.17) is 4.52 Å². The number of hydrogen-bond donors (Lipinski definition) is 4. The summed E-state index contributed by atoms with van der Waals surface area (Å²) in [7, 11) is -4.51. The fraction of sp³-hybridized carbons (Fsp3) is 0.810. The predicted molar refractivity (Wildman–Crippen MR) is 119 cm³/mol. The van der Waals surface area contributed by atoms with Gasteiger partial charge in [0, 0.05) is 12.5 Å². The Kier molecular flexibility index (Phi) is 9.87. The number of aliphatic carboxylic acids is 1. The van der Waals surface area contributed by atoms with Gasteiger partial charge in [-0.2, -0.15) is 0 Å². The van der Waals surface area contributed by atoms with Crippen molar-refractivity contribution >= 4 is 31.3 Å². The Morgan fingerprint density at radius 1 is 1.12 bits per heavy atom. The van der Waals surface area contributed by atoms with E-state index < -0.39 is 49.4 Å². The van der Waals surface area contributed by atoms with E-state index in [-0.39, 0.29) is 24.8 Å². The number of carboxylic acids is 1. The van der Waals surface area contributed by atoms with E-state index in [0.717, 1.165) is 24.2 Å². The van der Waals surface area contributed by atoms with Crippen LogP contribution in [-0.4, -0.2) is 69.1 Å².